The molecule has 120 valence electrons. The van der Waals surface area contributed by atoms with E-state index in [-0.39, 0.29) is 0 Å². The van der Waals surface area contributed by atoms with Gasteiger partial charge in [0.25, 0.3) is 0 Å². The number of hydrogen-bond acceptors (Lipinski definition) is 3. The van der Waals surface area contributed by atoms with Crippen LogP contribution in [-0.4, -0.2) is 40.4 Å². The van der Waals surface area contributed by atoms with Crippen molar-refractivity contribution in [2.45, 2.75) is 59.5 Å². The van der Waals surface area contributed by atoms with Gasteiger partial charge in [0, 0.05) is 18.8 Å². The van der Waals surface area contributed by atoms with Crippen LogP contribution in [0.4, 0.5) is 5.69 Å². The largest absolute Gasteiger partial charge is 0.380 e. The Kier molecular flexibility index (Phi) is 6.09. The summed E-state index contributed by atoms with van der Waals surface area (Å²) in [5.41, 5.74) is 1.18. The molecule has 21 heavy (non-hydrogen) atoms. The second-order valence-corrected chi connectivity index (χ2v) is 6.63. The van der Waals surface area contributed by atoms with Crippen molar-refractivity contribution in [3.63, 3.8) is 0 Å². The highest BCUT2D eigenvalue weighted by Gasteiger charge is 2.24. The maximum absolute atomic E-state index is 4.48. The van der Waals surface area contributed by atoms with E-state index in [0.29, 0.717) is 6.04 Å². The summed E-state index contributed by atoms with van der Waals surface area (Å²) in [4.78, 5) is 2.43. The monoisotopic (exact) mass is 292 g/mol. The van der Waals surface area contributed by atoms with Crippen LogP contribution in [0.5, 0.6) is 0 Å². The Bertz CT molecular complexity index is 411. The third-order valence-electron chi connectivity index (χ3n) is 5.14. The molecular formula is C17H32N4. The number of nitrogens with zero attached hydrogens (tertiary/aromatic N) is 3. The molecule has 0 amide bonds. The average Bonchev–Trinajstić information content (AvgIpc) is 2.92. The number of aromatic nitrogens is 2. The molecule has 3 unspecified atom stereocenters. The predicted molar refractivity (Wildman–Crippen MR) is 89.6 cm³/mol. The van der Waals surface area contributed by atoms with E-state index in [4.69, 9.17) is 0 Å². The van der Waals surface area contributed by atoms with Gasteiger partial charge < -0.3 is 10.2 Å². The van der Waals surface area contributed by atoms with Gasteiger partial charge in [-0.05, 0) is 44.2 Å². The van der Waals surface area contributed by atoms with Crippen LogP contribution in [0.1, 0.15) is 47.0 Å². The van der Waals surface area contributed by atoms with Crippen molar-refractivity contribution in [1.29, 1.82) is 0 Å². The van der Waals surface area contributed by atoms with Gasteiger partial charge in [0.15, 0.2) is 0 Å². The first-order valence-corrected chi connectivity index (χ1v) is 8.63. The number of hydrogen-bond donors (Lipinski definition) is 1. The van der Waals surface area contributed by atoms with Crippen LogP contribution in [0.15, 0.2) is 12.4 Å². The summed E-state index contributed by atoms with van der Waals surface area (Å²) in [6.45, 7) is 13.5. The van der Waals surface area contributed by atoms with Crippen molar-refractivity contribution >= 4 is 5.69 Å². The first kappa shape index (κ1) is 16.3. The molecule has 3 atom stereocenters. The lowest BCUT2D eigenvalue weighted by atomic mass is 9.79. The van der Waals surface area contributed by atoms with E-state index in [2.05, 4.69) is 53.9 Å². The van der Waals surface area contributed by atoms with E-state index >= 15 is 0 Å². The van der Waals surface area contributed by atoms with Crippen LogP contribution in [0.3, 0.4) is 0 Å². The maximum Gasteiger partial charge on any atom is 0.0728 e. The van der Waals surface area contributed by atoms with Crippen molar-refractivity contribution in [1.82, 2.24) is 14.7 Å². The molecule has 4 nitrogen and oxygen atoms in total. The lowest BCUT2D eigenvalue weighted by Crippen LogP contribution is -2.30. The molecule has 0 saturated heterocycles. The molecule has 1 aliphatic carbocycles. The number of likely N-dealkylation sites (N-methyl/N-ethyl adjacent to an activating group) is 1. The minimum atomic E-state index is 0.622. The molecule has 4 heteroatoms. The van der Waals surface area contributed by atoms with Gasteiger partial charge in [-0.1, -0.05) is 27.7 Å². The zero-order valence-electron chi connectivity index (χ0n) is 14.2. The second kappa shape index (κ2) is 7.83. The molecule has 0 aliphatic heterocycles. The summed E-state index contributed by atoms with van der Waals surface area (Å²) in [5.74, 6) is 1.70. The molecule has 0 aromatic carbocycles. The van der Waals surface area contributed by atoms with Crippen molar-refractivity contribution in [2.75, 3.05) is 25.0 Å². The summed E-state index contributed by atoms with van der Waals surface area (Å²) in [6.07, 6.45) is 8.05. The van der Waals surface area contributed by atoms with Crippen LogP contribution in [-0.2, 0) is 6.54 Å². The van der Waals surface area contributed by atoms with Crippen LogP contribution in [0.2, 0.25) is 0 Å². The Balaban J connectivity index is 1.80. The third-order valence-corrected chi connectivity index (χ3v) is 5.14. The summed E-state index contributed by atoms with van der Waals surface area (Å²) < 4.78 is 2.07. The zero-order chi connectivity index (χ0) is 15.2. The molecule has 1 heterocycles. The minimum absolute atomic E-state index is 0.622. The summed E-state index contributed by atoms with van der Waals surface area (Å²) in [6, 6.07) is 0.622. The Morgan fingerprint density at radius 3 is 2.67 bits per heavy atom. The Morgan fingerprint density at radius 2 is 2.00 bits per heavy atom. The molecule has 1 saturated carbocycles. The lowest BCUT2D eigenvalue weighted by Gasteiger charge is -2.32. The van der Waals surface area contributed by atoms with Gasteiger partial charge in [0.05, 0.1) is 18.4 Å². The highest BCUT2D eigenvalue weighted by molar-refractivity contribution is 5.39. The van der Waals surface area contributed by atoms with Gasteiger partial charge in [-0.2, -0.15) is 5.10 Å². The Labute approximate surface area is 129 Å². The van der Waals surface area contributed by atoms with Crippen molar-refractivity contribution in [2.24, 2.45) is 11.8 Å². The first-order valence-electron chi connectivity index (χ1n) is 8.63. The van der Waals surface area contributed by atoms with Gasteiger partial charge in [-0.3, -0.25) is 4.68 Å². The summed E-state index contributed by atoms with van der Waals surface area (Å²) in [5, 5.41) is 8.15. The molecule has 0 spiro atoms. The number of nitrogens with one attached hydrogen (secondary N) is 1. The minimum Gasteiger partial charge on any atom is -0.380 e. The molecule has 1 aromatic heterocycles. The molecule has 1 N–H and O–H groups in total. The van der Waals surface area contributed by atoms with Crippen molar-refractivity contribution < 1.29 is 0 Å². The molecule has 1 aliphatic rings. The van der Waals surface area contributed by atoms with Gasteiger partial charge in [0.1, 0.15) is 0 Å². The van der Waals surface area contributed by atoms with E-state index in [0.717, 1.165) is 38.0 Å². The Morgan fingerprint density at radius 1 is 1.24 bits per heavy atom. The molecule has 1 aromatic rings. The fourth-order valence-electron chi connectivity index (χ4n) is 3.26. The highest BCUT2D eigenvalue weighted by Crippen LogP contribution is 2.30. The molecule has 1 fully saturated rings. The molecule has 2 rings (SSSR count). The normalized spacial score (nSPS) is 26.2. The fraction of sp³-hybridized carbons (Fsp3) is 0.824. The van der Waals surface area contributed by atoms with Gasteiger partial charge in [-0.25, -0.2) is 0 Å². The fourth-order valence-corrected chi connectivity index (χ4v) is 3.26. The number of rotatable bonds is 7. The maximum atomic E-state index is 4.48. The third kappa shape index (κ3) is 4.73. The first-order chi connectivity index (χ1) is 10.1. The van der Waals surface area contributed by atoms with Crippen LogP contribution < -0.4 is 5.32 Å². The van der Waals surface area contributed by atoms with E-state index in [1.54, 1.807) is 0 Å². The highest BCUT2D eigenvalue weighted by atomic mass is 15.3. The zero-order valence-corrected chi connectivity index (χ0v) is 14.2. The number of anilines is 1. The van der Waals surface area contributed by atoms with Crippen molar-refractivity contribution in [3.8, 4) is 0 Å². The standard InChI is InChI=1S/C17H32N4/c1-5-20(6-2)9-10-21-13-17(12-18-21)19-16-8-7-14(3)15(4)11-16/h12-16,19H,5-11H2,1-4H3. The van der Waals surface area contributed by atoms with Crippen LogP contribution in [0.25, 0.3) is 0 Å². The van der Waals surface area contributed by atoms with E-state index in [1.807, 2.05) is 6.20 Å². The SMILES string of the molecule is CCN(CC)CCn1cc(NC2CCC(C)C(C)C2)cn1. The smallest absolute Gasteiger partial charge is 0.0728 e. The van der Waals surface area contributed by atoms with E-state index in [1.165, 1.54) is 24.9 Å². The average molecular weight is 292 g/mol. The molecular weight excluding hydrogens is 260 g/mol. The summed E-state index contributed by atoms with van der Waals surface area (Å²) in [7, 11) is 0. The van der Waals surface area contributed by atoms with Crippen molar-refractivity contribution in [3.05, 3.63) is 12.4 Å². The van der Waals surface area contributed by atoms with E-state index in [9.17, 15) is 0 Å². The van der Waals surface area contributed by atoms with Gasteiger partial charge >= 0.3 is 0 Å². The molecule has 0 radical (unpaired) electrons. The van der Waals surface area contributed by atoms with Crippen LogP contribution >= 0.6 is 0 Å². The quantitative estimate of drug-likeness (QED) is 0.835. The second-order valence-electron chi connectivity index (χ2n) is 6.63. The predicted octanol–water partition coefficient (Wildman–Crippen LogP) is 3.46. The topological polar surface area (TPSA) is 33.1 Å². The Hall–Kier alpha value is -1.03. The van der Waals surface area contributed by atoms with Crippen LogP contribution in [0, 0.1) is 11.8 Å². The summed E-state index contributed by atoms with van der Waals surface area (Å²) >= 11 is 0. The lowest BCUT2D eigenvalue weighted by molar-refractivity contribution is 0.261. The van der Waals surface area contributed by atoms with Gasteiger partial charge in [-0.15, -0.1) is 0 Å². The van der Waals surface area contributed by atoms with E-state index < -0.39 is 0 Å². The molecule has 0 bridgehead atoms. The van der Waals surface area contributed by atoms with Gasteiger partial charge in [0.2, 0.25) is 0 Å².